The maximum absolute atomic E-state index is 9.53. The Morgan fingerprint density at radius 2 is 2.12 bits per heavy atom. The van der Waals surface area contributed by atoms with Gasteiger partial charge in [-0.15, -0.1) is 0 Å². The molecule has 0 aliphatic carbocycles. The molecule has 0 aromatic heterocycles. The maximum Gasteiger partial charge on any atom is 0.0667 e. The normalized spacial score (nSPS) is 22.7. The molecular weight excluding hydrogens is 198 g/mol. The Morgan fingerprint density at radius 3 is 2.88 bits per heavy atom. The summed E-state index contributed by atoms with van der Waals surface area (Å²) in [4.78, 5) is 2.30. The van der Waals surface area contributed by atoms with Gasteiger partial charge in [-0.3, -0.25) is 4.90 Å². The molecule has 1 aliphatic heterocycles. The minimum absolute atomic E-state index is 0.126. The van der Waals surface area contributed by atoms with Gasteiger partial charge in [0.05, 0.1) is 6.10 Å². The zero-order valence-corrected chi connectivity index (χ0v) is 9.55. The second-order valence-corrected chi connectivity index (χ2v) is 4.37. The van der Waals surface area contributed by atoms with Crippen molar-refractivity contribution in [2.75, 3.05) is 19.6 Å². The summed E-state index contributed by atoms with van der Waals surface area (Å²) in [5, 5.41) is 9.53. The molecular formula is C14H19NO. The Balaban J connectivity index is 1.80. The zero-order chi connectivity index (χ0) is 11.2. The summed E-state index contributed by atoms with van der Waals surface area (Å²) < 4.78 is 0. The predicted octanol–water partition coefficient (Wildman–Crippen LogP) is 2.16. The van der Waals surface area contributed by atoms with E-state index in [0.29, 0.717) is 0 Å². The molecule has 0 unspecified atom stereocenters. The van der Waals surface area contributed by atoms with E-state index >= 15 is 0 Å². The van der Waals surface area contributed by atoms with E-state index in [1.165, 1.54) is 5.56 Å². The number of likely N-dealkylation sites (tertiary alicyclic amines) is 1. The third-order valence-corrected chi connectivity index (χ3v) is 2.95. The quantitative estimate of drug-likeness (QED) is 0.838. The predicted molar refractivity (Wildman–Crippen MR) is 67.2 cm³/mol. The van der Waals surface area contributed by atoms with E-state index in [0.717, 1.165) is 32.5 Å². The number of nitrogens with zero attached hydrogens (tertiary/aromatic N) is 1. The van der Waals surface area contributed by atoms with Crippen LogP contribution in [0.5, 0.6) is 0 Å². The number of hydrogen-bond donors (Lipinski definition) is 1. The van der Waals surface area contributed by atoms with Crippen LogP contribution in [0.15, 0.2) is 36.4 Å². The molecule has 1 fully saturated rings. The molecule has 2 nitrogen and oxygen atoms in total. The van der Waals surface area contributed by atoms with Gasteiger partial charge in [-0.2, -0.15) is 0 Å². The van der Waals surface area contributed by atoms with Gasteiger partial charge in [-0.25, -0.2) is 0 Å². The summed E-state index contributed by atoms with van der Waals surface area (Å²) in [6.07, 6.45) is 6.26. The first-order valence-corrected chi connectivity index (χ1v) is 5.96. The van der Waals surface area contributed by atoms with Crippen LogP contribution in [-0.4, -0.2) is 35.7 Å². The van der Waals surface area contributed by atoms with E-state index in [4.69, 9.17) is 0 Å². The maximum atomic E-state index is 9.53. The highest BCUT2D eigenvalue weighted by atomic mass is 16.3. The minimum Gasteiger partial charge on any atom is -0.392 e. The molecule has 2 rings (SSSR count). The summed E-state index contributed by atoms with van der Waals surface area (Å²) >= 11 is 0. The van der Waals surface area contributed by atoms with Gasteiger partial charge in [0.15, 0.2) is 0 Å². The number of benzene rings is 1. The molecule has 0 spiro atoms. The lowest BCUT2D eigenvalue weighted by atomic mass is 10.1. The van der Waals surface area contributed by atoms with E-state index in [-0.39, 0.29) is 6.10 Å². The second-order valence-electron chi connectivity index (χ2n) is 4.37. The third-order valence-electron chi connectivity index (χ3n) is 2.95. The molecule has 1 heterocycles. The highest BCUT2D eigenvalue weighted by Crippen LogP contribution is 2.09. The summed E-state index contributed by atoms with van der Waals surface area (Å²) in [7, 11) is 0. The molecule has 0 saturated carbocycles. The molecule has 1 saturated heterocycles. The van der Waals surface area contributed by atoms with E-state index in [1.807, 2.05) is 18.2 Å². The number of piperidine rings is 1. The van der Waals surface area contributed by atoms with Crippen LogP contribution in [0.1, 0.15) is 18.4 Å². The van der Waals surface area contributed by atoms with E-state index < -0.39 is 0 Å². The Morgan fingerprint density at radius 1 is 1.31 bits per heavy atom. The molecule has 0 amide bonds. The fourth-order valence-electron chi connectivity index (χ4n) is 2.10. The summed E-state index contributed by atoms with van der Waals surface area (Å²) in [6.45, 7) is 2.86. The average Bonchev–Trinajstić information content (AvgIpc) is 2.30. The Bertz CT molecular complexity index is 334. The van der Waals surface area contributed by atoms with Crippen LogP contribution in [-0.2, 0) is 0 Å². The first-order chi connectivity index (χ1) is 7.84. The number of rotatable bonds is 3. The van der Waals surface area contributed by atoms with Gasteiger partial charge in [0, 0.05) is 13.1 Å². The summed E-state index contributed by atoms with van der Waals surface area (Å²) in [5.41, 5.74) is 1.24. The van der Waals surface area contributed by atoms with Crippen molar-refractivity contribution in [3.8, 4) is 0 Å². The number of β-amino-alcohol motifs (C(OH)–C–C–N with tert-alkyl or cyclic N) is 1. The molecule has 1 N–H and O–H groups in total. The Kier molecular flexibility index (Phi) is 4.14. The first-order valence-electron chi connectivity index (χ1n) is 5.96. The molecule has 1 aromatic carbocycles. The minimum atomic E-state index is -0.126. The molecule has 16 heavy (non-hydrogen) atoms. The van der Waals surface area contributed by atoms with Crippen LogP contribution in [0, 0.1) is 0 Å². The van der Waals surface area contributed by atoms with Crippen molar-refractivity contribution in [3.63, 3.8) is 0 Å². The lowest BCUT2D eigenvalue weighted by Crippen LogP contribution is -2.38. The van der Waals surface area contributed by atoms with Crippen molar-refractivity contribution in [1.82, 2.24) is 4.90 Å². The number of aliphatic hydroxyl groups is 1. The van der Waals surface area contributed by atoms with E-state index in [9.17, 15) is 5.11 Å². The lowest BCUT2D eigenvalue weighted by molar-refractivity contribution is 0.0771. The van der Waals surface area contributed by atoms with E-state index in [1.54, 1.807) is 0 Å². The monoisotopic (exact) mass is 217 g/mol. The van der Waals surface area contributed by atoms with Crippen molar-refractivity contribution < 1.29 is 5.11 Å². The van der Waals surface area contributed by atoms with Gasteiger partial charge in [0.25, 0.3) is 0 Å². The molecule has 86 valence electrons. The van der Waals surface area contributed by atoms with Gasteiger partial charge >= 0.3 is 0 Å². The zero-order valence-electron chi connectivity index (χ0n) is 9.55. The highest BCUT2D eigenvalue weighted by molar-refractivity contribution is 5.48. The van der Waals surface area contributed by atoms with Crippen molar-refractivity contribution >= 4 is 6.08 Å². The van der Waals surface area contributed by atoms with Crippen molar-refractivity contribution in [2.45, 2.75) is 18.9 Å². The Labute approximate surface area is 97.2 Å². The van der Waals surface area contributed by atoms with Crippen LogP contribution in [0.2, 0.25) is 0 Å². The smallest absolute Gasteiger partial charge is 0.0667 e. The van der Waals surface area contributed by atoms with Gasteiger partial charge in [0.2, 0.25) is 0 Å². The topological polar surface area (TPSA) is 23.5 Å². The Hall–Kier alpha value is -1.12. The fourth-order valence-corrected chi connectivity index (χ4v) is 2.10. The van der Waals surface area contributed by atoms with E-state index in [2.05, 4.69) is 29.2 Å². The van der Waals surface area contributed by atoms with Crippen LogP contribution in [0.4, 0.5) is 0 Å². The largest absolute Gasteiger partial charge is 0.392 e. The standard InChI is InChI=1S/C14H19NO/c16-14-9-5-11-15(12-14)10-4-8-13-6-2-1-3-7-13/h1-4,6-8,14,16H,5,9-12H2/b8-4+/t14-/m1/s1. The first kappa shape index (κ1) is 11.4. The SMILES string of the molecule is O[C@@H]1CCCN(C/C=C/c2ccccc2)C1. The van der Waals surface area contributed by atoms with Gasteiger partial charge < -0.3 is 5.11 Å². The second kappa shape index (κ2) is 5.83. The summed E-state index contributed by atoms with van der Waals surface area (Å²) in [5.74, 6) is 0. The fraction of sp³-hybridized carbons (Fsp3) is 0.429. The highest BCUT2D eigenvalue weighted by Gasteiger charge is 2.15. The third kappa shape index (κ3) is 3.47. The number of aliphatic hydroxyl groups excluding tert-OH is 1. The van der Waals surface area contributed by atoms with Crippen LogP contribution < -0.4 is 0 Å². The lowest BCUT2D eigenvalue weighted by Gasteiger charge is -2.28. The number of hydrogen-bond acceptors (Lipinski definition) is 2. The summed E-state index contributed by atoms with van der Waals surface area (Å²) in [6, 6.07) is 10.3. The molecule has 0 radical (unpaired) electrons. The molecule has 0 bridgehead atoms. The average molecular weight is 217 g/mol. The van der Waals surface area contributed by atoms with Crippen LogP contribution in [0.25, 0.3) is 6.08 Å². The van der Waals surface area contributed by atoms with Gasteiger partial charge in [0.1, 0.15) is 0 Å². The van der Waals surface area contributed by atoms with Crippen molar-refractivity contribution in [2.24, 2.45) is 0 Å². The molecule has 2 heteroatoms. The van der Waals surface area contributed by atoms with Crippen LogP contribution >= 0.6 is 0 Å². The van der Waals surface area contributed by atoms with Crippen LogP contribution in [0.3, 0.4) is 0 Å². The van der Waals surface area contributed by atoms with Crippen molar-refractivity contribution in [3.05, 3.63) is 42.0 Å². The van der Waals surface area contributed by atoms with Gasteiger partial charge in [-0.05, 0) is 24.9 Å². The van der Waals surface area contributed by atoms with Gasteiger partial charge in [-0.1, -0.05) is 42.5 Å². The molecule has 1 atom stereocenters. The molecule has 1 aromatic rings. The molecule has 1 aliphatic rings. The van der Waals surface area contributed by atoms with Crippen molar-refractivity contribution in [1.29, 1.82) is 0 Å².